The van der Waals surface area contributed by atoms with Crippen molar-refractivity contribution in [2.24, 2.45) is 4.99 Å². The Morgan fingerprint density at radius 2 is 1.87 bits per heavy atom. The van der Waals surface area contributed by atoms with E-state index in [2.05, 4.69) is 21.4 Å². The maximum absolute atomic E-state index is 6.13. The molecule has 0 saturated heterocycles. The van der Waals surface area contributed by atoms with Gasteiger partial charge >= 0.3 is 0 Å². The highest BCUT2D eigenvalue weighted by atomic mass is 79.9. The number of benzene rings is 2. The zero-order valence-electron chi connectivity index (χ0n) is 13.8. The summed E-state index contributed by atoms with van der Waals surface area (Å²) in [5, 5.41) is 0. The lowest BCUT2D eigenvalue weighted by molar-refractivity contribution is 0.0844. The second-order valence-corrected chi connectivity index (χ2v) is 5.77. The number of hydrogen-bond donors (Lipinski definition) is 1. The average Bonchev–Trinajstić information content (AvgIpc) is 2.57. The van der Waals surface area contributed by atoms with Crippen molar-refractivity contribution in [3.05, 3.63) is 64.1 Å². The first-order valence-electron chi connectivity index (χ1n) is 7.56. The van der Waals surface area contributed by atoms with Crippen LogP contribution in [0.2, 0.25) is 0 Å². The van der Waals surface area contributed by atoms with Crippen molar-refractivity contribution < 1.29 is 9.57 Å². The molecule has 1 unspecified atom stereocenters. The van der Waals surface area contributed by atoms with Gasteiger partial charge in [-0.1, -0.05) is 54.0 Å². The highest BCUT2D eigenvalue weighted by Gasteiger charge is 2.34. The molecule has 0 radical (unpaired) electrons. The summed E-state index contributed by atoms with van der Waals surface area (Å²) in [6.45, 7) is 5.93. The quantitative estimate of drug-likeness (QED) is 0.776. The number of ether oxygens (including phenoxy) is 1. The largest absolute Gasteiger partial charge is 0.461 e. The number of aliphatic imine (C=N–C) groups is 1. The van der Waals surface area contributed by atoms with E-state index in [1.54, 1.807) is 7.11 Å². The lowest BCUT2D eigenvalue weighted by Crippen LogP contribution is -2.37. The molecule has 4 nitrogen and oxygen atoms in total. The van der Waals surface area contributed by atoms with Crippen LogP contribution in [0.15, 0.2) is 58.0 Å². The third kappa shape index (κ3) is 3.74. The maximum Gasteiger partial charge on any atom is 0.225 e. The Balaban J connectivity index is 0.000000924. The molecule has 122 valence electrons. The minimum atomic E-state index is -0.807. The van der Waals surface area contributed by atoms with Gasteiger partial charge in [0.25, 0.3) is 0 Å². The fourth-order valence-corrected chi connectivity index (χ4v) is 2.74. The third-order valence-electron chi connectivity index (χ3n) is 3.34. The van der Waals surface area contributed by atoms with Crippen LogP contribution in [-0.4, -0.2) is 12.9 Å². The number of nitrogens with zero attached hydrogens (tertiary/aromatic N) is 1. The molecule has 1 N–H and O–H groups in total. The van der Waals surface area contributed by atoms with Crippen molar-refractivity contribution in [2.75, 3.05) is 7.11 Å². The third-order valence-corrected chi connectivity index (χ3v) is 3.83. The zero-order valence-corrected chi connectivity index (χ0v) is 15.3. The molecule has 1 atom stereocenters. The van der Waals surface area contributed by atoms with Crippen LogP contribution in [0.4, 0.5) is 0 Å². The van der Waals surface area contributed by atoms with E-state index in [1.807, 2.05) is 69.3 Å². The number of para-hydroxylation sites is 1. The summed E-state index contributed by atoms with van der Waals surface area (Å²) in [6.07, 6.45) is 0. The molecule has 0 saturated carbocycles. The molecule has 0 amide bonds. The van der Waals surface area contributed by atoms with Gasteiger partial charge in [0.05, 0.1) is 12.7 Å². The lowest BCUT2D eigenvalue weighted by atomic mass is 10.0. The fraction of sp³-hybridized carbons (Fsp3) is 0.278. The van der Waals surface area contributed by atoms with Crippen molar-refractivity contribution in [3.63, 3.8) is 0 Å². The van der Waals surface area contributed by atoms with Crippen LogP contribution < -0.4 is 10.2 Å². The summed E-state index contributed by atoms with van der Waals surface area (Å²) in [5.74, 6) is 1.43. The number of hydrogen-bond acceptors (Lipinski definition) is 4. The summed E-state index contributed by atoms with van der Waals surface area (Å²) in [4.78, 5) is 9.74. The van der Waals surface area contributed by atoms with E-state index in [-0.39, 0.29) is 0 Å². The van der Waals surface area contributed by atoms with Gasteiger partial charge in [-0.3, -0.25) is 4.84 Å². The second-order valence-electron chi connectivity index (χ2n) is 4.86. The molecule has 0 aromatic heterocycles. The summed E-state index contributed by atoms with van der Waals surface area (Å²) < 4.78 is 7.12. The molecule has 2 aromatic rings. The van der Waals surface area contributed by atoms with E-state index in [1.165, 1.54) is 0 Å². The highest BCUT2D eigenvalue weighted by Crippen LogP contribution is 2.36. The standard InChI is InChI=1S/C16H15BrN2O2.C2H6/c1-16(11-6-5-7-12(17)10-11)18-15(19-20-2)13-8-3-4-9-14(13)21-16;1-2/h3-10H,1-2H3,(H,18,19);1-2H3. The Morgan fingerprint density at radius 3 is 2.57 bits per heavy atom. The second kappa shape index (κ2) is 7.62. The van der Waals surface area contributed by atoms with E-state index in [0.29, 0.717) is 5.84 Å². The van der Waals surface area contributed by atoms with Gasteiger partial charge in [0, 0.05) is 17.0 Å². The molecule has 1 heterocycles. The van der Waals surface area contributed by atoms with Crippen molar-refractivity contribution in [1.29, 1.82) is 0 Å². The van der Waals surface area contributed by atoms with Crippen LogP contribution in [0, 0.1) is 0 Å². The van der Waals surface area contributed by atoms with E-state index in [9.17, 15) is 0 Å². The molecular weight excluding hydrogens is 356 g/mol. The van der Waals surface area contributed by atoms with Gasteiger partial charge < -0.3 is 4.74 Å². The summed E-state index contributed by atoms with van der Waals surface area (Å²) in [5.41, 5.74) is 3.87. The monoisotopic (exact) mass is 376 g/mol. The van der Waals surface area contributed by atoms with Crippen LogP contribution in [0.25, 0.3) is 0 Å². The molecule has 1 aliphatic heterocycles. The lowest BCUT2D eigenvalue weighted by Gasteiger charge is -2.33. The van der Waals surface area contributed by atoms with E-state index in [0.717, 1.165) is 21.3 Å². The van der Waals surface area contributed by atoms with Crippen LogP contribution >= 0.6 is 15.9 Å². The molecule has 3 rings (SSSR count). The van der Waals surface area contributed by atoms with E-state index < -0.39 is 5.72 Å². The number of hydroxylamine groups is 1. The van der Waals surface area contributed by atoms with Gasteiger partial charge in [-0.25, -0.2) is 10.5 Å². The van der Waals surface area contributed by atoms with Gasteiger partial charge in [0.1, 0.15) is 5.75 Å². The number of halogens is 1. The molecule has 5 heteroatoms. The predicted octanol–water partition coefficient (Wildman–Crippen LogP) is 4.64. The molecule has 0 bridgehead atoms. The number of rotatable bonds is 2. The smallest absolute Gasteiger partial charge is 0.225 e. The molecule has 23 heavy (non-hydrogen) atoms. The SMILES string of the molecule is CC.CONC1=NC(C)(c2cccc(Br)c2)Oc2ccccc21. The van der Waals surface area contributed by atoms with Gasteiger partial charge in [-0.05, 0) is 24.3 Å². The Labute approximate surface area is 145 Å². The van der Waals surface area contributed by atoms with Crippen molar-refractivity contribution in [2.45, 2.75) is 26.5 Å². The average molecular weight is 377 g/mol. The minimum absolute atomic E-state index is 0.654. The molecule has 0 fully saturated rings. The van der Waals surface area contributed by atoms with Crippen molar-refractivity contribution in [1.82, 2.24) is 5.48 Å². The number of amidine groups is 1. The maximum atomic E-state index is 6.13. The Bertz CT molecular complexity index is 703. The summed E-state index contributed by atoms with van der Waals surface area (Å²) in [7, 11) is 1.57. The van der Waals surface area contributed by atoms with Crippen LogP contribution in [0.5, 0.6) is 5.75 Å². The summed E-state index contributed by atoms with van der Waals surface area (Å²) in [6, 6.07) is 15.7. The van der Waals surface area contributed by atoms with Crippen LogP contribution in [0.1, 0.15) is 31.9 Å². The van der Waals surface area contributed by atoms with Gasteiger partial charge in [-0.2, -0.15) is 0 Å². The predicted molar refractivity (Wildman–Crippen MR) is 96.6 cm³/mol. The fourth-order valence-electron chi connectivity index (χ4n) is 2.34. The first-order chi connectivity index (χ1) is 11.1. The number of nitrogens with one attached hydrogen (secondary N) is 1. The van der Waals surface area contributed by atoms with Gasteiger partial charge in [-0.15, -0.1) is 0 Å². The van der Waals surface area contributed by atoms with Crippen LogP contribution in [0.3, 0.4) is 0 Å². The van der Waals surface area contributed by atoms with E-state index >= 15 is 0 Å². The topological polar surface area (TPSA) is 42.8 Å². The Kier molecular flexibility index (Phi) is 5.80. The van der Waals surface area contributed by atoms with Gasteiger partial charge in [0.2, 0.25) is 5.72 Å². The molecule has 0 spiro atoms. The van der Waals surface area contributed by atoms with Crippen molar-refractivity contribution in [3.8, 4) is 5.75 Å². The molecule has 0 aliphatic carbocycles. The molecular formula is C18H21BrN2O2. The normalized spacial score (nSPS) is 18.7. The van der Waals surface area contributed by atoms with Gasteiger partial charge in [0.15, 0.2) is 5.84 Å². The van der Waals surface area contributed by atoms with Crippen molar-refractivity contribution >= 4 is 21.8 Å². The van der Waals surface area contributed by atoms with E-state index in [4.69, 9.17) is 14.6 Å². The van der Waals surface area contributed by atoms with Crippen LogP contribution in [-0.2, 0) is 10.6 Å². The number of fused-ring (bicyclic) bond motifs is 1. The first kappa shape index (κ1) is 17.5. The highest BCUT2D eigenvalue weighted by molar-refractivity contribution is 9.10. The summed E-state index contributed by atoms with van der Waals surface area (Å²) >= 11 is 3.49. The Morgan fingerprint density at radius 1 is 1.13 bits per heavy atom. The minimum Gasteiger partial charge on any atom is -0.461 e. The molecule has 1 aliphatic rings. The zero-order chi connectivity index (χ0) is 16.9. The Hall–Kier alpha value is -1.85. The first-order valence-corrected chi connectivity index (χ1v) is 8.35. The molecule has 2 aromatic carbocycles.